The molecule has 2 amide bonds. The number of carbonyl (C=O) groups is 3. The average molecular weight is 563 g/mol. The molecular weight excluding hydrogens is 524 g/mol. The Labute approximate surface area is 247 Å². The van der Waals surface area contributed by atoms with Crippen LogP contribution in [-0.2, 0) is 31.1 Å². The summed E-state index contributed by atoms with van der Waals surface area (Å²) in [5, 5.41) is 6.27. The molecule has 0 spiro atoms. The summed E-state index contributed by atoms with van der Waals surface area (Å²) in [5.74, 6) is -2.05. The van der Waals surface area contributed by atoms with Crippen LogP contribution in [0.15, 0.2) is 109 Å². The zero-order chi connectivity index (χ0) is 29.5. The van der Waals surface area contributed by atoms with Gasteiger partial charge in [0.1, 0.15) is 0 Å². The van der Waals surface area contributed by atoms with Crippen LogP contribution in [0.25, 0.3) is 5.70 Å². The van der Waals surface area contributed by atoms with Crippen LogP contribution < -0.4 is 10.6 Å². The molecule has 1 aliphatic heterocycles. The zero-order valence-electron chi connectivity index (χ0n) is 24.2. The molecule has 0 radical (unpaired) electrons. The largest absolute Gasteiger partial charge is 0.452 e. The van der Waals surface area contributed by atoms with Crippen LogP contribution in [0, 0.1) is 11.8 Å². The van der Waals surface area contributed by atoms with Crippen molar-refractivity contribution in [3.05, 3.63) is 125 Å². The number of benzene rings is 3. The fraction of sp³-hybridized carbons (Fsp3) is 0.306. The second kappa shape index (κ2) is 13.0. The maximum atomic E-state index is 14.4. The van der Waals surface area contributed by atoms with E-state index >= 15 is 0 Å². The molecule has 0 fully saturated rings. The predicted molar refractivity (Wildman–Crippen MR) is 164 cm³/mol. The number of carbonyl (C=O) groups excluding carboxylic acids is 3. The molecule has 0 saturated heterocycles. The first kappa shape index (κ1) is 29.1. The van der Waals surface area contributed by atoms with Crippen LogP contribution in [0.5, 0.6) is 0 Å². The highest BCUT2D eigenvalue weighted by Crippen LogP contribution is 2.43. The quantitative estimate of drug-likeness (QED) is 0.244. The van der Waals surface area contributed by atoms with Gasteiger partial charge >= 0.3 is 5.97 Å². The predicted octanol–water partition coefficient (Wildman–Crippen LogP) is 6.10. The molecule has 3 atom stereocenters. The highest BCUT2D eigenvalue weighted by molar-refractivity contribution is 6.01. The Bertz CT molecular complexity index is 1460. The topological polar surface area (TPSA) is 84.5 Å². The van der Waals surface area contributed by atoms with Gasteiger partial charge in [-0.05, 0) is 54.4 Å². The third-order valence-electron chi connectivity index (χ3n) is 8.08. The minimum Gasteiger partial charge on any atom is -0.452 e. The minimum absolute atomic E-state index is 0.0559. The normalized spacial score (nSPS) is 21.0. The van der Waals surface area contributed by atoms with E-state index in [-0.39, 0.29) is 18.2 Å². The Kier molecular flexibility index (Phi) is 9.01. The molecule has 6 nitrogen and oxygen atoms in total. The number of esters is 1. The molecule has 0 saturated carbocycles. The first-order valence-corrected chi connectivity index (χ1v) is 14.8. The van der Waals surface area contributed by atoms with Gasteiger partial charge in [0.2, 0.25) is 0 Å². The van der Waals surface area contributed by atoms with Crippen LogP contribution in [0.1, 0.15) is 56.2 Å². The van der Waals surface area contributed by atoms with E-state index in [0.717, 1.165) is 42.4 Å². The van der Waals surface area contributed by atoms with Gasteiger partial charge in [-0.3, -0.25) is 14.4 Å². The summed E-state index contributed by atoms with van der Waals surface area (Å²) >= 11 is 0. The van der Waals surface area contributed by atoms with Crippen molar-refractivity contribution < 1.29 is 19.1 Å². The van der Waals surface area contributed by atoms with E-state index in [4.69, 9.17) is 4.74 Å². The molecule has 1 aliphatic carbocycles. The second-order valence-corrected chi connectivity index (χ2v) is 11.4. The van der Waals surface area contributed by atoms with Gasteiger partial charge in [-0.15, -0.1) is 0 Å². The summed E-state index contributed by atoms with van der Waals surface area (Å²) < 4.78 is 5.79. The van der Waals surface area contributed by atoms with Crippen molar-refractivity contribution in [2.75, 3.05) is 0 Å². The molecule has 5 rings (SSSR count). The van der Waals surface area contributed by atoms with E-state index in [9.17, 15) is 14.4 Å². The number of nitrogens with one attached hydrogen (secondary N) is 2. The molecule has 1 heterocycles. The minimum atomic E-state index is -1.43. The lowest BCUT2D eigenvalue weighted by Crippen LogP contribution is -2.64. The van der Waals surface area contributed by atoms with Crippen molar-refractivity contribution in [2.24, 2.45) is 11.8 Å². The maximum Gasteiger partial charge on any atom is 0.311 e. The third-order valence-corrected chi connectivity index (χ3v) is 8.08. The Hall–Kier alpha value is -4.45. The van der Waals surface area contributed by atoms with Crippen molar-refractivity contribution in [2.45, 2.75) is 57.6 Å². The number of amides is 2. The van der Waals surface area contributed by atoms with Gasteiger partial charge < -0.3 is 15.4 Å². The summed E-state index contributed by atoms with van der Waals surface area (Å²) in [6, 6.07) is 28.4. The summed E-state index contributed by atoms with van der Waals surface area (Å²) in [5.41, 5.74) is 2.78. The Morgan fingerprint density at radius 2 is 1.57 bits per heavy atom. The molecule has 0 aromatic heterocycles. The van der Waals surface area contributed by atoms with Crippen molar-refractivity contribution >= 4 is 23.5 Å². The highest BCUT2D eigenvalue weighted by Gasteiger charge is 2.52. The van der Waals surface area contributed by atoms with Gasteiger partial charge in [-0.25, -0.2) is 0 Å². The van der Waals surface area contributed by atoms with Crippen molar-refractivity contribution in [3.63, 3.8) is 0 Å². The molecule has 42 heavy (non-hydrogen) atoms. The summed E-state index contributed by atoms with van der Waals surface area (Å²) in [4.78, 5) is 41.5. The Morgan fingerprint density at radius 3 is 2.19 bits per heavy atom. The number of allylic oxidation sites excluding steroid dienone is 1. The molecule has 0 bridgehead atoms. The van der Waals surface area contributed by atoms with Gasteiger partial charge in [-0.1, -0.05) is 116 Å². The molecule has 2 aliphatic rings. The highest BCUT2D eigenvalue weighted by atomic mass is 16.5. The molecule has 2 N–H and O–H groups in total. The molecule has 3 aromatic carbocycles. The Balaban J connectivity index is 1.55. The van der Waals surface area contributed by atoms with E-state index in [0.29, 0.717) is 11.3 Å². The second-order valence-electron chi connectivity index (χ2n) is 11.4. The van der Waals surface area contributed by atoms with E-state index in [1.54, 1.807) is 0 Å². The van der Waals surface area contributed by atoms with E-state index < -0.39 is 29.4 Å². The van der Waals surface area contributed by atoms with E-state index in [1.807, 2.05) is 105 Å². The van der Waals surface area contributed by atoms with Crippen LogP contribution >= 0.6 is 0 Å². The summed E-state index contributed by atoms with van der Waals surface area (Å²) in [6.45, 7) is 3.68. The molecule has 216 valence electrons. The lowest BCUT2D eigenvalue weighted by molar-refractivity contribution is -0.159. The fourth-order valence-corrected chi connectivity index (χ4v) is 5.93. The number of hydrogen-bond donors (Lipinski definition) is 2. The Morgan fingerprint density at radius 1 is 0.929 bits per heavy atom. The standard InChI is InChI=1S/C36H38N2O4/c1-25(2)33(42-32(39)23-26-15-7-3-8-16-26)34(40)38-36(29-21-13-6-14-22-29)30(27-17-9-4-10-18-27)24-31(37-35(36)41)28-19-11-5-12-20-28/h3,5-8,11-17,19-22,24-25,30,33H,4,9-10,18,23H2,1-2H3,(H,37,41)(H,38,40)/t30-,33?,36+/m0/s1. The van der Waals surface area contributed by atoms with Crippen LogP contribution in [0.2, 0.25) is 0 Å². The third kappa shape index (κ3) is 6.23. The van der Waals surface area contributed by atoms with Crippen molar-refractivity contribution in [1.29, 1.82) is 0 Å². The van der Waals surface area contributed by atoms with Gasteiger partial charge in [0.15, 0.2) is 11.6 Å². The van der Waals surface area contributed by atoms with E-state index in [1.165, 1.54) is 0 Å². The lowest BCUT2D eigenvalue weighted by atomic mass is 9.68. The fourth-order valence-electron chi connectivity index (χ4n) is 5.93. The van der Waals surface area contributed by atoms with Crippen LogP contribution in [0.4, 0.5) is 0 Å². The molecular formula is C36H38N2O4. The number of rotatable bonds is 9. The average Bonchev–Trinajstić information content (AvgIpc) is 3.02. The van der Waals surface area contributed by atoms with Crippen LogP contribution in [0.3, 0.4) is 0 Å². The summed E-state index contributed by atoms with van der Waals surface area (Å²) in [6.07, 6.45) is 7.14. The van der Waals surface area contributed by atoms with Gasteiger partial charge in [-0.2, -0.15) is 0 Å². The van der Waals surface area contributed by atoms with Crippen molar-refractivity contribution in [3.8, 4) is 0 Å². The first-order valence-electron chi connectivity index (χ1n) is 14.8. The number of hydrogen-bond acceptors (Lipinski definition) is 4. The van der Waals surface area contributed by atoms with Gasteiger partial charge in [0, 0.05) is 11.6 Å². The SMILES string of the molecule is CC(C)C(OC(=O)Cc1ccccc1)C(=O)N[C@@]1(c2ccccc2)C(=O)NC(c2ccccc2)=C[C@H]1C1=CCCCC1. The molecule has 3 aromatic rings. The molecule has 6 heteroatoms. The number of ether oxygens (including phenoxy) is 1. The summed E-state index contributed by atoms with van der Waals surface area (Å²) in [7, 11) is 0. The zero-order valence-corrected chi connectivity index (χ0v) is 24.2. The molecule has 1 unspecified atom stereocenters. The van der Waals surface area contributed by atoms with Crippen LogP contribution in [-0.4, -0.2) is 23.9 Å². The maximum absolute atomic E-state index is 14.4. The van der Waals surface area contributed by atoms with Gasteiger partial charge in [0.25, 0.3) is 11.8 Å². The van der Waals surface area contributed by atoms with Gasteiger partial charge in [0.05, 0.1) is 6.42 Å². The first-order chi connectivity index (χ1) is 20.4. The smallest absolute Gasteiger partial charge is 0.311 e. The van der Waals surface area contributed by atoms with E-state index in [2.05, 4.69) is 22.8 Å². The lowest BCUT2D eigenvalue weighted by Gasteiger charge is -2.45. The van der Waals surface area contributed by atoms with Crippen molar-refractivity contribution in [1.82, 2.24) is 10.6 Å². The monoisotopic (exact) mass is 562 g/mol.